The lowest BCUT2D eigenvalue weighted by Gasteiger charge is -2.24. The molecule has 4 heteroatoms. The highest BCUT2D eigenvalue weighted by Gasteiger charge is 2.30. The summed E-state index contributed by atoms with van der Waals surface area (Å²) in [5, 5.41) is 0. The van der Waals surface area contributed by atoms with Gasteiger partial charge in [-0.1, -0.05) is 6.92 Å². The molecule has 0 aromatic carbocycles. The van der Waals surface area contributed by atoms with Crippen molar-refractivity contribution in [3.05, 3.63) is 11.4 Å². The first-order valence-corrected chi connectivity index (χ1v) is 4.61. The molecule has 4 nitrogen and oxygen atoms in total. The van der Waals surface area contributed by atoms with Crippen molar-refractivity contribution in [1.29, 1.82) is 0 Å². The average molecular weight is 183 g/mol. The summed E-state index contributed by atoms with van der Waals surface area (Å²) in [6, 6.07) is 0.177. The summed E-state index contributed by atoms with van der Waals surface area (Å²) >= 11 is 0. The Hall–Kier alpha value is -1.03. The summed E-state index contributed by atoms with van der Waals surface area (Å²) in [6.45, 7) is 4.40. The van der Waals surface area contributed by atoms with Crippen LogP contribution in [0.2, 0.25) is 0 Å². The Balaban J connectivity index is 2.85. The van der Waals surface area contributed by atoms with E-state index in [2.05, 4.69) is 0 Å². The van der Waals surface area contributed by atoms with Crippen molar-refractivity contribution in [3.63, 3.8) is 0 Å². The molecule has 1 unspecified atom stereocenters. The Morgan fingerprint density at radius 2 is 2.23 bits per heavy atom. The lowest BCUT2D eigenvalue weighted by atomic mass is 10.2. The van der Waals surface area contributed by atoms with Crippen LogP contribution in [0.5, 0.6) is 0 Å². The molecule has 0 spiro atoms. The first kappa shape index (κ1) is 10.1. The third-order valence-corrected chi connectivity index (χ3v) is 2.53. The van der Waals surface area contributed by atoms with E-state index in [9.17, 15) is 4.79 Å². The summed E-state index contributed by atoms with van der Waals surface area (Å²) < 4.78 is 0. The Labute approximate surface area is 78.6 Å². The molecular weight excluding hydrogens is 166 g/mol. The van der Waals surface area contributed by atoms with Crippen LogP contribution in [0.3, 0.4) is 0 Å². The van der Waals surface area contributed by atoms with Crippen LogP contribution >= 0.6 is 0 Å². The van der Waals surface area contributed by atoms with E-state index in [-0.39, 0.29) is 11.9 Å². The summed E-state index contributed by atoms with van der Waals surface area (Å²) in [7, 11) is 0. The molecule has 0 aromatic heterocycles. The van der Waals surface area contributed by atoms with Gasteiger partial charge < -0.3 is 11.5 Å². The fourth-order valence-corrected chi connectivity index (χ4v) is 1.51. The van der Waals surface area contributed by atoms with Crippen LogP contribution in [0, 0.1) is 0 Å². The van der Waals surface area contributed by atoms with Crippen molar-refractivity contribution in [3.8, 4) is 0 Å². The standard InChI is InChI=1S/C9H17N3O/c1-3-6(2)12-8(13)4-7(5-10)9(12)11/h6H,3-5,10-11H2,1-2H3. The fraction of sp³-hybridized carbons (Fsp3) is 0.667. The number of carbonyl (C=O) groups is 1. The minimum atomic E-state index is 0.0762. The first-order chi connectivity index (χ1) is 6.11. The van der Waals surface area contributed by atoms with Crippen LogP contribution in [0.25, 0.3) is 0 Å². The molecule has 1 atom stereocenters. The zero-order valence-corrected chi connectivity index (χ0v) is 8.21. The average Bonchev–Trinajstić information content (AvgIpc) is 2.40. The van der Waals surface area contributed by atoms with Gasteiger partial charge in [0.05, 0.1) is 6.42 Å². The minimum Gasteiger partial charge on any atom is -0.385 e. The lowest BCUT2D eigenvalue weighted by molar-refractivity contribution is -0.128. The predicted octanol–water partition coefficient (Wildman–Crippen LogP) is 0.146. The lowest BCUT2D eigenvalue weighted by Crippen LogP contribution is -2.36. The number of hydrogen-bond donors (Lipinski definition) is 2. The number of carbonyl (C=O) groups excluding carboxylic acids is 1. The zero-order chi connectivity index (χ0) is 10.0. The van der Waals surface area contributed by atoms with Gasteiger partial charge in [-0.05, 0) is 18.9 Å². The minimum absolute atomic E-state index is 0.0762. The molecule has 0 saturated carbocycles. The van der Waals surface area contributed by atoms with Gasteiger partial charge >= 0.3 is 0 Å². The van der Waals surface area contributed by atoms with E-state index in [0.29, 0.717) is 18.8 Å². The van der Waals surface area contributed by atoms with Crippen LogP contribution in [-0.4, -0.2) is 23.4 Å². The van der Waals surface area contributed by atoms with E-state index in [4.69, 9.17) is 11.5 Å². The van der Waals surface area contributed by atoms with Crippen LogP contribution in [0.1, 0.15) is 26.7 Å². The van der Waals surface area contributed by atoms with Gasteiger partial charge in [-0.3, -0.25) is 9.69 Å². The molecule has 0 radical (unpaired) electrons. The number of amides is 1. The predicted molar refractivity (Wildman–Crippen MR) is 51.5 cm³/mol. The molecule has 4 N–H and O–H groups in total. The van der Waals surface area contributed by atoms with Crippen LogP contribution in [-0.2, 0) is 4.79 Å². The third kappa shape index (κ3) is 1.67. The highest BCUT2D eigenvalue weighted by atomic mass is 16.2. The van der Waals surface area contributed by atoms with Crippen LogP contribution < -0.4 is 11.5 Å². The molecule has 0 aliphatic carbocycles. The monoisotopic (exact) mass is 183 g/mol. The van der Waals surface area contributed by atoms with Crippen molar-refractivity contribution >= 4 is 5.91 Å². The SMILES string of the molecule is CCC(C)N1C(=O)CC(CN)=C1N. The highest BCUT2D eigenvalue weighted by Crippen LogP contribution is 2.22. The molecular formula is C9H17N3O. The molecule has 0 saturated heterocycles. The largest absolute Gasteiger partial charge is 0.385 e. The quantitative estimate of drug-likeness (QED) is 0.654. The van der Waals surface area contributed by atoms with Crippen molar-refractivity contribution in [2.45, 2.75) is 32.7 Å². The third-order valence-electron chi connectivity index (χ3n) is 2.53. The second-order valence-electron chi connectivity index (χ2n) is 3.39. The maximum Gasteiger partial charge on any atom is 0.232 e. The molecule has 74 valence electrons. The number of nitrogens with two attached hydrogens (primary N) is 2. The number of rotatable bonds is 3. The van der Waals surface area contributed by atoms with Gasteiger partial charge in [-0.2, -0.15) is 0 Å². The van der Waals surface area contributed by atoms with E-state index in [0.717, 1.165) is 12.0 Å². The first-order valence-electron chi connectivity index (χ1n) is 4.61. The summed E-state index contributed by atoms with van der Waals surface area (Å²) in [4.78, 5) is 13.2. The smallest absolute Gasteiger partial charge is 0.232 e. The van der Waals surface area contributed by atoms with E-state index in [1.54, 1.807) is 4.90 Å². The second-order valence-corrected chi connectivity index (χ2v) is 3.39. The summed E-state index contributed by atoms with van der Waals surface area (Å²) in [5.41, 5.74) is 12.1. The van der Waals surface area contributed by atoms with Crippen molar-refractivity contribution in [1.82, 2.24) is 4.90 Å². The van der Waals surface area contributed by atoms with Crippen molar-refractivity contribution < 1.29 is 4.79 Å². The van der Waals surface area contributed by atoms with Gasteiger partial charge in [0, 0.05) is 12.6 Å². The molecule has 1 amide bonds. The Morgan fingerprint density at radius 1 is 1.62 bits per heavy atom. The number of nitrogens with zero attached hydrogens (tertiary/aromatic N) is 1. The van der Waals surface area contributed by atoms with Crippen molar-refractivity contribution in [2.75, 3.05) is 6.54 Å². The molecule has 1 heterocycles. The zero-order valence-electron chi connectivity index (χ0n) is 8.21. The molecule has 0 aromatic rings. The van der Waals surface area contributed by atoms with Crippen LogP contribution in [0.15, 0.2) is 11.4 Å². The Kier molecular flexibility index (Phi) is 2.93. The normalized spacial score (nSPS) is 19.9. The van der Waals surface area contributed by atoms with Gasteiger partial charge in [0.25, 0.3) is 0 Å². The van der Waals surface area contributed by atoms with E-state index < -0.39 is 0 Å². The molecule has 1 aliphatic rings. The second kappa shape index (κ2) is 3.79. The molecule has 0 bridgehead atoms. The number of hydrogen-bond acceptors (Lipinski definition) is 3. The Bertz CT molecular complexity index is 247. The van der Waals surface area contributed by atoms with Gasteiger partial charge in [0.2, 0.25) is 5.91 Å². The fourth-order valence-electron chi connectivity index (χ4n) is 1.51. The van der Waals surface area contributed by atoms with E-state index >= 15 is 0 Å². The molecule has 1 rings (SSSR count). The van der Waals surface area contributed by atoms with Crippen molar-refractivity contribution in [2.24, 2.45) is 11.5 Å². The van der Waals surface area contributed by atoms with Gasteiger partial charge in [0.1, 0.15) is 5.82 Å². The molecule has 13 heavy (non-hydrogen) atoms. The highest BCUT2D eigenvalue weighted by molar-refractivity contribution is 5.84. The van der Waals surface area contributed by atoms with Crippen LogP contribution in [0.4, 0.5) is 0 Å². The Morgan fingerprint density at radius 3 is 2.62 bits per heavy atom. The maximum atomic E-state index is 11.5. The maximum absolute atomic E-state index is 11.5. The molecule has 1 aliphatic heterocycles. The van der Waals surface area contributed by atoms with Gasteiger partial charge in [-0.25, -0.2) is 0 Å². The summed E-state index contributed by atoms with van der Waals surface area (Å²) in [5.74, 6) is 0.647. The van der Waals surface area contributed by atoms with Gasteiger partial charge in [-0.15, -0.1) is 0 Å². The summed E-state index contributed by atoms with van der Waals surface area (Å²) in [6.07, 6.45) is 1.30. The van der Waals surface area contributed by atoms with Gasteiger partial charge in [0.15, 0.2) is 0 Å². The topological polar surface area (TPSA) is 72.3 Å². The molecule has 0 fully saturated rings. The van der Waals surface area contributed by atoms with E-state index in [1.165, 1.54) is 0 Å². The van der Waals surface area contributed by atoms with E-state index in [1.807, 2.05) is 13.8 Å².